The number of aliphatic imine (C=N–C) groups is 1. The number of nitrogens with one attached hydrogen (secondary N) is 2. The van der Waals surface area contributed by atoms with Gasteiger partial charge in [-0.2, -0.15) is 4.98 Å². The van der Waals surface area contributed by atoms with Crippen molar-refractivity contribution in [2.24, 2.45) is 4.99 Å². The molecule has 0 aromatic carbocycles. The summed E-state index contributed by atoms with van der Waals surface area (Å²) in [4.78, 5) is 10.2. The number of guanidine groups is 1. The Morgan fingerprint density at radius 2 is 2.15 bits per heavy atom. The van der Waals surface area contributed by atoms with Gasteiger partial charge in [-0.3, -0.25) is 0 Å². The van der Waals surface area contributed by atoms with E-state index >= 15 is 0 Å². The average molecular weight is 493 g/mol. The SMILES string of the molecule is CCNC(=NCc1nc(C(C)OCC)no1)NCC(C)c1cccs1.I. The summed E-state index contributed by atoms with van der Waals surface area (Å²) in [5.41, 5.74) is 0. The maximum absolute atomic E-state index is 5.46. The van der Waals surface area contributed by atoms with Crippen molar-refractivity contribution in [1.29, 1.82) is 0 Å². The fourth-order valence-corrected chi connectivity index (χ4v) is 3.02. The molecule has 2 N–H and O–H groups in total. The van der Waals surface area contributed by atoms with Crippen molar-refractivity contribution in [3.05, 3.63) is 34.1 Å². The van der Waals surface area contributed by atoms with Gasteiger partial charge in [0.25, 0.3) is 0 Å². The molecule has 2 atom stereocenters. The number of rotatable bonds is 9. The lowest BCUT2D eigenvalue weighted by molar-refractivity contribution is 0.0683. The molecule has 2 unspecified atom stereocenters. The number of aromatic nitrogens is 2. The molecular weight excluding hydrogens is 465 g/mol. The largest absolute Gasteiger partial charge is 0.371 e. The van der Waals surface area contributed by atoms with Crippen molar-refractivity contribution in [1.82, 2.24) is 20.8 Å². The molecule has 2 rings (SSSR count). The fraction of sp³-hybridized carbons (Fsp3) is 0.588. The highest BCUT2D eigenvalue weighted by atomic mass is 127. The summed E-state index contributed by atoms with van der Waals surface area (Å²) in [5.74, 6) is 2.19. The number of hydrogen-bond acceptors (Lipinski definition) is 6. The zero-order valence-electron chi connectivity index (χ0n) is 15.7. The second kappa shape index (κ2) is 12.2. The first-order chi connectivity index (χ1) is 12.1. The summed E-state index contributed by atoms with van der Waals surface area (Å²) >= 11 is 1.77. The third-order valence-corrected chi connectivity index (χ3v) is 4.69. The number of halogens is 1. The molecular formula is C17H28IN5O2S. The standard InChI is InChI=1S/C17H27N5O2S.HI/c1-5-18-17(19-10-12(3)14-8-7-9-25-14)20-11-15-21-16(22-24-15)13(4)23-6-2;/h7-9,12-13H,5-6,10-11H2,1-4H3,(H2,18,19,20);1H. The molecule has 0 radical (unpaired) electrons. The lowest BCUT2D eigenvalue weighted by Gasteiger charge is -2.14. The summed E-state index contributed by atoms with van der Waals surface area (Å²) in [6.07, 6.45) is -0.176. The molecule has 0 fully saturated rings. The van der Waals surface area contributed by atoms with Crippen molar-refractivity contribution < 1.29 is 9.26 Å². The molecule has 2 aromatic heterocycles. The van der Waals surface area contributed by atoms with Gasteiger partial charge in [0, 0.05) is 30.5 Å². The minimum atomic E-state index is -0.176. The lowest BCUT2D eigenvalue weighted by atomic mass is 10.1. The minimum Gasteiger partial charge on any atom is -0.371 e. The van der Waals surface area contributed by atoms with E-state index < -0.39 is 0 Å². The van der Waals surface area contributed by atoms with Crippen molar-refractivity contribution in [3.63, 3.8) is 0 Å². The second-order valence-corrected chi connectivity index (χ2v) is 6.62. The Morgan fingerprint density at radius 1 is 1.35 bits per heavy atom. The van der Waals surface area contributed by atoms with Crippen molar-refractivity contribution in [2.75, 3.05) is 19.7 Å². The first kappa shape index (κ1) is 22.8. The van der Waals surface area contributed by atoms with Crippen LogP contribution in [-0.2, 0) is 11.3 Å². The summed E-state index contributed by atoms with van der Waals surface area (Å²) in [5, 5.41) is 12.6. The van der Waals surface area contributed by atoms with E-state index in [1.807, 2.05) is 20.8 Å². The highest BCUT2D eigenvalue weighted by Gasteiger charge is 2.13. The smallest absolute Gasteiger partial charge is 0.248 e. The number of thiophene rings is 1. The molecule has 0 saturated heterocycles. The van der Waals surface area contributed by atoms with Crippen LogP contribution in [0.4, 0.5) is 0 Å². The number of ether oxygens (including phenoxy) is 1. The molecule has 0 aliphatic carbocycles. The quantitative estimate of drug-likeness (QED) is 0.315. The van der Waals surface area contributed by atoms with E-state index in [-0.39, 0.29) is 30.1 Å². The Hall–Kier alpha value is -1.20. The van der Waals surface area contributed by atoms with Crippen LogP contribution in [0.25, 0.3) is 0 Å². The van der Waals surface area contributed by atoms with Crippen LogP contribution in [0, 0.1) is 0 Å². The van der Waals surface area contributed by atoms with Gasteiger partial charge in [-0.25, -0.2) is 4.99 Å². The molecule has 0 aliphatic heterocycles. The Balaban J connectivity index is 0.00000338. The van der Waals surface area contributed by atoms with Crippen LogP contribution in [0.3, 0.4) is 0 Å². The van der Waals surface area contributed by atoms with Gasteiger partial charge >= 0.3 is 0 Å². The van der Waals surface area contributed by atoms with Crippen LogP contribution in [0.1, 0.15) is 56.3 Å². The molecule has 9 heteroatoms. The van der Waals surface area contributed by atoms with Crippen LogP contribution < -0.4 is 10.6 Å². The fourth-order valence-electron chi connectivity index (χ4n) is 2.23. The Labute approximate surface area is 176 Å². The van der Waals surface area contributed by atoms with Gasteiger partial charge in [0.2, 0.25) is 5.89 Å². The van der Waals surface area contributed by atoms with Crippen LogP contribution >= 0.6 is 35.3 Å². The molecule has 26 heavy (non-hydrogen) atoms. The number of nitrogens with zero attached hydrogens (tertiary/aromatic N) is 3. The molecule has 2 aromatic rings. The highest BCUT2D eigenvalue weighted by Crippen LogP contribution is 2.19. The first-order valence-corrected chi connectivity index (χ1v) is 9.51. The Kier molecular flexibility index (Phi) is 10.7. The van der Waals surface area contributed by atoms with Gasteiger partial charge < -0.3 is 19.9 Å². The zero-order chi connectivity index (χ0) is 18.1. The topological polar surface area (TPSA) is 84.6 Å². The van der Waals surface area contributed by atoms with Gasteiger partial charge in [0.05, 0.1) is 0 Å². The maximum atomic E-state index is 5.46. The zero-order valence-corrected chi connectivity index (χ0v) is 18.8. The molecule has 2 heterocycles. The van der Waals surface area contributed by atoms with Gasteiger partial charge in [0.1, 0.15) is 12.6 Å². The molecule has 0 aliphatic rings. The first-order valence-electron chi connectivity index (χ1n) is 8.63. The van der Waals surface area contributed by atoms with Crippen molar-refractivity contribution in [2.45, 2.75) is 46.3 Å². The van der Waals surface area contributed by atoms with Gasteiger partial charge in [-0.1, -0.05) is 18.1 Å². The van der Waals surface area contributed by atoms with Gasteiger partial charge in [0.15, 0.2) is 11.8 Å². The normalized spacial score (nSPS) is 13.8. The molecule has 0 spiro atoms. The third-order valence-electron chi connectivity index (χ3n) is 3.59. The molecule has 7 nitrogen and oxygen atoms in total. The monoisotopic (exact) mass is 493 g/mol. The van der Waals surface area contributed by atoms with Gasteiger partial charge in [-0.15, -0.1) is 35.3 Å². The molecule has 0 amide bonds. The van der Waals surface area contributed by atoms with Gasteiger partial charge in [-0.05, 0) is 32.2 Å². The predicted octanol–water partition coefficient (Wildman–Crippen LogP) is 3.71. The summed E-state index contributed by atoms with van der Waals surface area (Å²) in [6, 6.07) is 4.23. The highest BCUT2D eigenvalue weighted by molar-refractivity contribution is 14.0. The van der Waals surface area contributed by atoms with E-state index in [0.29, 0.717) is 30.8 Å². The maximum Gasteiger partial charge on any atom is 0.248 e. The van der Waals surface area contributed by atoms with Crippen molar-refractivity contribution >= 4 is 41.3 Å². The summed E-state index contributed by atoms with van der Waals surface area (Å²) in [7, 11) is 0. The average Bonchev–Trinajstić information content (AvgIpc) is 3.29. The van der Waals surface area contributed by atoms with E-state index in [9.17, 15) is 0 Å². The van der Waals surface area contributed by atoms with E-state index in [1.54, 1.807) is 11.3 Å². The summed E-state index contributed by atoms with van der Waals surface area (Å²) < 4.78 is 10.7. The third kappa shape index (κ3) is 7.20. The molecule has 0 saturated carbocycles. The van der Waals surface area contributed by atoms with Crippen LogP contribution in [0.15, 0.2) is 27.0 Å². The lowest BCUT2D eigenvalue weighted by Crippen LogP contribution is -2.39. The van der Waals surface area contributed by atoms with E-state index in [0.717, 1.165) is 19.0 Å². The van der Waals surface area contributed by atoms with E-state index in [1.165, 1.54) is 4.88 Å². The Morgan fingerprint density at radius 3 is 2.81 bits per heavy atom. The van der Waals surface area contributed by atoms with Crippen LogP contribution in [-0.4, -0.2) is 35.8 Å². The number of hydrogen-bond donors (Lipinski definition) is 2. The summed E-state index contributed by atoms with van der Waals surface area (Å²) in [6.45, 7) is 10.6. The van der Waals surface area contributed by atoms with Crippen LogP contribution in [0.2, 0.25) is 0 Å². The molecule has 146 valence electrons. The van der Waals surface area contributed by atoms with Crippen molar-refractivity contribution in [3.8, 4) is 0 Å². The predicted molar refractivity (Wildman–Crippen MR) is 115 cm³/mol. The molecule has 0 bridgehead atoms. The van der Waals surface area contributed by atoms with E-state index in [2.05, 4.69) is 50.2 Å². The van der Waals surface area contributed by atoms with Crippen LogP contribution in [0.5, 0.6) is 0 Å². The van der Waals surface area contributed by atoms with E-state index in [4.69, 9.17) is 9.26 Å². The Bertz CT molecular complexity index is 647. The second-order valence-electron chi connectivity index (χ2n) is 5.64. The minimum absolute atomic E-state index is 0.